The molecule has 9 nitrogen and oxygen atoms in total. The monoisotopic (exact) mass is 428 g/mol. The third-order valence-corrected chi connectivity index (χ3v) is 5.64. The summed E-state index contributed by atoms with van der Waals surface area (Å²) in [6, 6.07) is 4.00. The van der Waals surface area contributed by atoms with Crippen molar-refractivity contribution in [3.8, 4) is 11.8 Å². The Kier molecular flexibility index (Phi) is 7.15. The van der Waals surface area contributed by atoms with Crippen molar-refractivity contribution in [2.75, 3.05) is 26.7 Å². The molecule has 166 valence electrons. The number of aromatic nitrogens is 2. The number of aliphatic carboxylic acids is 1. The summed E-state index contributed by atoms with van der Waals surface area (Å²) in [5.41, 5.74) is 6.30. The van der Waals surface area contributed by atoms with Gasteiger partial charge in [0.1, 0.15) is 12.6 Å². The Morgan fingerprint density at radius 1 is 1.29 bits per heavy atom. The number of nitrogens with zero attached hydrogens (tertiary/aromatic N) is 3. The highest BCUT2D eigenvalue weighted by Gasteiger charge is 2.26. The molecule has 1 aromatic carbocycles. The second-order valence-corrected chi connectivity index (χ2v) is 7.86. The summed E-state index contributed by atoms with van der Waals surface area (Å²) in [7, 11) is 3.67. The number of primary amides is 1. The van der Waals surface area contributed by atoms with Gasteiger partial charge in [-0.1, -0.05) is 17.9 Å². The highest BCUT2D eigenvalue weighted by Crippen LogP contribution is 2.23. The number of imidazole rings is 1. The number of nitrogens with two attached hydrogens (primary N) is 1. The van der Waals surface area contributed by atoms with E-state index in [2.05, 4.69) is 23.8 Å². The molecule has 1 aliphatic heterocycles. The number of likely N-dealkylation sites (tertiary alicyclic amines) is 1. The normalized spacial score (nSPS) is 16.1. The number of carboxylic acids is 1. The van der Waals surface area contributed by atoms with Crippen molar-refractivity contribution in [3.05, 3.63) is 34.2 Å². The van der Waals surface area contributed by atoms with Crippen LogP contribution in [0.25, 0.3) is 11.0 Å². The average molecular weight is 428 g/mol. The van der Waals surface area contributed by atoms with Gasteiger partial charge >= 0.3 is 11.7 Å². The largest absolute Gasteiger partial charge is 0.480 e. The first-order valence-electron chi connectivity index (χ1n) is 10.3. The number of rotatable bonds is 7. The van der Waals surface area contributed by atoms with E-state index in [-0.39, 0.29) is 25.6 Å². The van der Waals surface area contributed by atoms with Gasteiger partial charge in [-0.25, -0.2) is 9.59 Å². The molecule has 1 amide bonds. The lowest BCUT2D eigenvalue weighted by molar-refractivity contribution is -0.141. The molecule has 0 radical (unpaired) electrons. The van der Waals surface area contributed by atoms with E-state index in [1.807, 2.05) is 0 Å². The Hall–Kier alpha value is -3.09. The first-order chi connectivity index (χ1) is 14.8. The van der Waals surface area contributed by atoms with Gasteiger partial charge in [0.2, 0.25) is 5.91 Å². The predicted octanol–water partition coefficient (Wildman–Crippen LogP) is 0.694. The first kappa shape index (κ1) is 22.6. The fraction of sp³-hybridized carbons (Fsp3) is 0.500. The quantitative estimate of drug-likeness (QED) is 0.627. The fourth-order valence-corrected chi connectivity index (χ4v) is 3.92. The van der Waals surface area contributed by atoms with E-state index in [9.17, 15) is 19.5 Å². The topological polar surface area (TPSA) is 120 Å². The molecule has 31 heavy (non-hydrogen) atoms. The van der Waals surface area contributed by atoms with Crippen LogP contribution in [0.3, 0.4) is 0 Å². The van der Waals surface area contributed by atoms with Crippen molar-refractivity contribution >= 4 is 22.9 Å². The number of fused-ring (bicyclic) bond motifs is 1. The molecule has 0 saturated carbocycles. The van der Waals surface area contributed by atoms with Crippen molar-refractivity contribution in [3.63, 3.8) is 0 Å². The van der Waals surface area contributed by atoms with Crippen molar-refractivity contribution in [2.24, 2.45) is 12.8 Å². The number of piperidine rings is 1. The Balaban J connectivity index is 1.87. The molecule has 3 N–H and O–H groups in total. The van der Waals surface area contributed by atoms with Crippen LogP contribution in [0.1, 0.15) is 37.3 Å². The lowest BCUT2D eigenvalue weighted by Crippen LogP contribution is -2.34. The maximum Gasteiger partial charge on any atom is 0.329 e. The maximum absolute atomic E-state index is 12.9. The van der Waals surface area contributed by atoms with Crippen LogP contribution < -0.4 is 11.4 Å². The van der Waals surface area contributed by atoms with Crippen LogP contribution in [-0.2, 0) is 21.4 Å². The molecule has 1 saturated heterocycles. The predicted molar refractivity (Wildman–Crippen MR) is 116 cm³/mol. The molecule has 1 atom stereocenters. The van der Waals surface area contributed by atoms with E-state index in [1.165, 1.54) is 9.13 Å². The number of carbonyl (C=O) groups excluding carboxylic acids is 1. The minimum absolute atomic E-state index is 0.0655. The summed E-state index contributed by atoms with van der Waals surface area (Å²) in [4.78, 5) is 38.1. The lowest BCUT2D eigenvalue weighted by atomic mass is 10.1. The number of hydrogen-bond acceptors (Lipinski definition) is 5. The van der Waals surface area contributed by atoms with E-state index in [4.69, 9.17) is 10.5 Å². The summed E-state index contributed by atoms with van der Waals surface area (Å²) in [6.07, 6.45) is 1.96. The van der Waals surface area contributed by atoms with Crippen molar-refractivity contribution in [2.45, 2.75) is 37.8 Å². The van der Waals surface area contributed by atoms with Crippen LogP contribution in [0.2, 0.25) is 0 Å². The smallest absolute Gasteiger partial charge is 0.329 e. The molecule has 0 aliphatic carbocycles. The SMILES string of the molecule is CN1CCC(OCC#Cc2cccc3c2n(C)c(=O)n3C(CCC(N)=O)C(=O)O)CC1. The third kappa shape index (κ3) is 5.16. The summed E-state index contributed by atoms with van der Waals surface area (Å²) < 4.78 is 8.43. The Bertz CT molecular complexity index is 1080. The number of benzene rings is 1. The second-order valence-electron chi connectivity index (χ2n) is 7.86. The van der Waals surface area contributed by atoms with Crippen molar-refractivity contribution in [1.29, 1.82) is 0 Å². The Labute approximate surface area is 180 Å². The molecule has 2 aromatic rings. The van der Waals surface area contributed by atoms with Gasteiger partial charge < -0.3 is 20.5 Å². The molecule has 1 aromatic heterocycles. The number of aryl methyl sites for hydroxylation is 1. The van der Waals surface area contributed by atoms with Gasteiger partial charge in [0.05, 0.1) is 22.7 Å². The molecule has 3 rings (SSSR count). The molecule has 0 spiro atoms. The average Bonchev–Trinajstić information content (AvgIpc) is 2.98. The maximum atomic E-state index is 12.9. The lowest BCUT2D eigenvalue weighted by Gasteiger charge is -2.28. The van der Waals surface area contributed by atoms with E-state index in [0.29, 0.717) is 16.6 Å². The molecule has 9 heteroatoms. The fourth-order valence-electron chi connectivity index (χ4n) is 3.92. The number of amides is 1. The number of carboxylic acid groups (broad SMARTS) is 1. The van der Waals surface area contributed by atoms with Crippen LogP contribution in [0.4, 0.5) is 0 Å². The minimum Gasteiger partial charge on any atom is -0.480 e. The summed E-state index contributed by atoms with van der Waals surface area (Å²) in [5.74, 6) is 4.26. The summed E-state index contributed by atoms with van der Waals surface area (Å²) >= 11 is 0. The van der Waals surface area contributed by atoms with Gasteiger partial charge in [-0.3, -0.25) is 13.9 Å². The van der Waals surface area contributed by atoms with Gasteiger partial charge in [-0.15, -0.1) is 0 Å². The van der Waals surface area contributed by atoms with E-state index < -0.39 is 23.6 Å². The number of carbonyl (C=O) groups is 2. The van der Waals surface area contributed by atoms with Gasteiger partial charge in [-0.05, 0) is 38.4 Å². The zero-order valence-corrected chi connectivity index (χ0v) is 17.8. The summed E-state index contributed by atoms with van der Waals surface area (Å²) in [5, 5.41) is 9.65. The van der Waals surface area contributed by atoms with Gasteiger partial charge in [0.15, 0.2) is 0 Å². The van der Waals surface area contributed by atoms with Crippen LogP contribution in [0, 0.1) is 11.8 Å². The second kappa shape index (κ2) is 9.81. The van der Waals surface area contributed by atoms with Crippen LogP contribution in [0.5, 0.6) is 0 Å². The molecule has 2 heterocycles. The van der Waals surface area contributed by atoms with Crippen LogP contribution >= 0.6 is 0 Å². The highest BCUT2D eigenvalue weighted by atomic mass is 16.5. The van der Waals surface area contributed by atoms with Crippen LogP contribution in [0.15, 0.2) is 23.0 Å². The number of ether oxygens (including phenoxy) is 1. The van der Waals surface area contributed by atoms with E-state index in [1.54, 1.807) is 25.2 Å². The van der Waals surface area contributed by atoms with Gasteiger partial charge in [0.25, 0.3) is 0 Å². The van der Waals surface area contributed by atoms with E-state index >= 15 is 0 Å². The zero-order chi connectivity index (χ0) is 22.5. The highest BCUT2D eigenvalue weighted by molar-refractivity contribution is 5.85. The Morgan fingerprint density at radius 2 is 2.00 bits per heavy atom. The third-order valence-electron chi connectivity index (χ3n) is 5.64. The number of hydrogen-bond donors (Lipinski definition) is 2. The number of para-hydroxylation sites is 1. The first-order valence-corrected chi connectivity index (χ1v) is 10.3. The van der Waals surface area contributed by atoms with Crippen molar-refractivity contribution < 1.29 is 19.4 Å². The standard InChI is InChI=1S/C22H28N4O5/c1-24-12-10-16(11-13-24)31-14-4-6-15-5-3-7-17-20(15)25(2)22(30)26(17)18(21(28)29)8-9-19(23)27/h3,5,7,16,18H,8-14H2,1-2H3,(H2,23,27)(H,28,29). The molecule has 1 unspecified atom stereocenters. The van der Waals surface area contributed by atoms with Gasteiger partial charge in [0, 0.05) is 26.6 Å². The molecule has 0 bridgehead atoms. The molecule has 1 aliphatic rings. The Morgan fingerprint density at radius 3 is 2.65 bits per heavy atom. The minimum atomic E-state index is -1.20. The molecular formula is C22H28N4O5. The van der Waals surface area contributed by atoms with E-state index in [0.717, 1.165) is 25.9 Å². The van der Waals surface area contributed by atoms with Crippen LogP contribution in [-0.4, -0.2) is 63.9 Å². The molecule has 1 fully saturated rings. The molecular weight excluding hydrogens is 400 g/mol. The summed E-state index contributed by atoms with van der Waals surface area (Å²) in [6.45, 7) is 2.30. The van der Waals surface area contributed by atoms with Gasteiger partial charge in [-0.2, -0.15) is 0 Å². The van der Waals surface area contributed by atoms with Crippen molar-refractivity contribution in [1.82, 2.24) is 14.0 Å². The zero-order valence-electron chi connectivity index (χ0n) is 17.8.